The van der Waals surface area contributed by atoms with Crippen LogP contribution in [0.1, 0.15) is 58.4 Å². The Hall–Kier alpha value is -1.01. The van der Waals surface area contributed by atoms with Crippen molar-refractivity contribution in [3.63, 3.8) is 0 Å². The number of ether oxygens (including phenoxy) is 1. The molecule has 6 nitrogen and oxygen atoms in total. The maximum absolute atomic E-state index is 5.03. The summed E-state index contributed by atoms with van der Waals surface area (Å²) >= 11 is 0. The van der Waals surface area contributed by atoms with Crippen LogP contribution >= 0.6 is 0 Å². The molecular formula is C13H27N5O. The molecule has 0 aromatic carbocycles. The van der Waals surface area contributed by atoms with E-state index in [1.807, 2.05) is 4.68 Å². The van der Waals surface area contributed by atoms with Crippen LogP contribution in [0, 0.1) is 5.92 Å². The Kier molecular flexibility index (Phi) is 6.94. The van der Waals surface area contributed by atoms with Crippen molar-refractivity contribution in [2.45, 2.75) is 52.6 Å². The quantitative estimate of drug-likeness (QED) is 0.694. The van der Waals surface area contributed by atoms with Crippen LogP contribution in [0.15, 0.2) is 0 Å². The van der Waals surface area contributed by atoms with Gasteiger partial charge in [-0.2, -0.15) is 0 Å². The molecule has 1 aromatic rings. The number of hydrogen-bond donors (Lipinski definition) is 1. The van der Waals surface area contributed by atoms with E-state index in [9.17, 15) is 0 Å². The average molecular weight is 269 g/mol. The fourth-order valence-electron chi connectivity index (χ4n) is 1.97. The minimum Gasteiger partial charge on any atom is -0.383 e. The number of hydrogen-bond acceptors (Lipinski definition) is 5. The summed E-state index contributed by atoms with van der Waals surface area (Å²) in [6.45, 7) is 10.2. The van der Waals surface area contributed by atoms with Crippen molar-refractivity contribution in [3.05, 3.63) is 5.82 Å². The zero-order valence-corrected chi connectivity index (χ0v) is 12.8. The smallest absolute Gasteiger partial charge is 0.168 e. The highest BCUT2D eigenvalue weighted by atomic mass is 16.5. The molecule has 6 heteroatoms. The van der Waals surface area contributed by atoms with Crippen molar-refractivity contribution in [2.24, 2.45) is 5.92 Å². The van der Waals surface area contributed by atoms with E-state index in [-0.39, 0.29) is 6.04 Å². The van der Waals surface area contributed by atoms with Crippen LogP contribution in [0.25, 0.3) is 0 Å². The zero-order valence-electron chi connectivity index (χ0n) is 12.8. The molecule has 0 amide bonds. The Morgan fingerprint density at radius 3 is 2.58 bits per heavy atom. The van der Waals surface area contributed by atoms with E-state index in [2.05, 4.69) is 48.5 Å². The summed E-state index contributed by atoms with van der Waals surface area (Å²) < 4.78 is 6.97. The number of aromatic nitrogens is 4. The van der Waals surface area contributed by atoms with Gasteiger partial charge in [-0.25, -0.2) is 4.68 Å². The van der Waals surface area contributed by atoms with Gasteiger partial charge in [-0.3, -0.25) is 0 Å². The topological polar surface area (TPSA) is 64.9 Å². The fraction of sp³-hybridized carbons (Fsp3) is 0.923. The molecule has 1 aromatic heterocycles. The first-order valence-electron chi connectivity index (χ1n) is 7.06. The SMILES string of the molecule is COCCNC(C)c1nnnn1C(C)CCC(C)C. The normalized spacial score (nSPS) is 14.8. The third-order valence-corrected chi connectivity index (χ3v) is 3.24. The maximum Gasteiger partial charge on any atom is 0.168 e. The van der Waals surface area contributed by atoms with E-state index in [0.717, 1.165) is 18.8 Å². The first kappa shape index (κ1) is 16.0. The van der Waals surface area contributed by atoms with Crippen LogP contribution < -0.4 is 5.32 Å². The van der Waals surface area contributed by atoms with Gasteiger partial charge >= 0.3 is 0 Å². The molecule has 0 saturated carbocycles. The Morgan fingerprint density at radius 1 is 1.21 bits per heavy atom. The monoisotopic (exact) mass is 269 g/mol. The number of tetrazole rings is 1. The molecular weight excluding hydrogens is 242 g/mol. The van der Waals surface area contributed by atoms with Crippen LogP contribution in [0.2, 0.25) is 0 Å². The largest absolute Gasteiger partial charge is 0.383 e. The third kappa shape index (κ3) is 5.24. The Bertz CT molecular complexity index is 353. The molecule has 110 valence electrons. The molecule has 19 heavy (non-hydrogen) atoms. The summed E-state index contributed by atoms with van der Waals surface area (Å²) in [5, 5.41) is 15.4. The summed E-state index contributed by atoms with van der Waals surface area (Å²) in [5.74, 6) is 1.60. The number of methoxy groups -OCH3 is 1. The van der Waals surface area contributed by atoms with E-state index >= 15 is 0 Å². The number of nitrogens with one attached hydrogen (secondary N) is 1. The predicted octanol–water partition coefficient (Wildman–Crippen LogP) is 1.97. The van der Waals surface area contributed by atoms with Crippen molar-refractivity contribution >= 4 is 0 Å². The van der Waals surface area contributed by atoms with E-state index in [0.29, 0.717) is 18.6 Å². The predicted molar refractivity (Wildman–Crippen MR) is 74.9 cm³/mol. The average Bonchev–Trinajstić information content (AvgIpc) is 2.85. The summed E-state index contributed by atoms with van der Waals surface area (Å²) in [5.41, 5.74) is 0. The van der Waals surface area contributed by atoms with Crippen molar-refractivity contribution in [1.29, 1.82) is 0 Å². The molecule has 0 aliphatic rings. The van der Waals surface area contributed by atoms with Crippen LogP contribution in [0.3, 0.4) is 0 Å². The highest BCUT2D eigenvalue weighted by molar-refractivity contribution is 4.91. The standard InChI is InChI=1S/C13H27N5O/c1-10(2)6-7-11(3)18-13(15-16-17-18)12(4)14-8-9-19-5/h10-12,14H,6-9H2,1-5H3. The molecule has 1 rings (SSSR count). The molecule has 1 N–H and O–H groups in total. The second-order valence-electron chi connectivity index (χ2n) is 5.47. The van der Waals surface area contributed by atoms with Gasteiger partial charge in [-0.15, -0.1) is 5.10 Å². The van der Waals surface area contributed by atoms with Crippen LogP contribution in [0.4, 0.5) is 0 Å². The molecule has 0 aliphatic heterocycles. The van der Waals surface area contributed by atoms with Crippen LogP contribution in [-0.2, 0) is 4.74 Å². The summed E-state index contributed by atoms with van der Waals surface area (Å²) in [4.78, 5) is 0. The summed E-state index contributed by atoms with van der Waals surface area (Å²) in [6, 6.07) is 0.464. The first-order chi connectivity index (χ1) is 9.06. The van der Waals surface area contributed by atoms with Gasteiger partial charge in [-0.05, 0) is 43.0 Å². The first-order valence-corrected chi connectivity index (χ1v) is 7.06. The molecule has 0 radical (unpaired) electrons. The van der Waals surface area contributed by atoms with E-state index in [4.69, 9.17) is 4.74 Å². The highest BCUT2D eigenvalue weighted by Crippen LogP contribution is 2.19. The summed E-state index contributed by atoms with van der Waals surface area (Å²) in [7, 11) is 1.70. The van der Waals surface area contributed by atoms with E-state index in [1.165, 1.54) is 6.42 Å². The van der Waals surface area contributed by atoms with Gasteiger partial charge in [-0.1, -0.05) is 13.8 Å². The van der Waals surface area contributed by atoms with Crippen LogP contribution in [-0.4, -0.2) is 40.5 Å². The second-order valence-corrected chi connectivity index (χ2v) is 5.47. The van der Waals surface area contributed by atoms with E-state index < -0.39 is 0 Å². The van der Waals surface area contributed by atoms with Crippen molar-refractivity contribution in [1.82, 2.24) is 25.5 Å². The molecule has 0 saturated heterocycles. The lowest BCUT2D eigenvalue weighted by molar-refractivity contribution is 0.195. The van der Waals surface area contributed by atoms with Gasteiger partial charge in [0.2, 0.25) is 0 Å². The lowest BCUT2D eigenvalue weighted by atomic mass is 10.0. The lowest BCUT2D eigenvalue weighted by Crippen LogP contribution is -2.26. The second kappa shape index (κ2) is 8.22. The summed E-state index contributed by atoms with van der Waals surface area (Å²) in [6.07, 6.45) is 2.28. The minimum absolute atomic E-state index is 0.131. The minimum atomic E-state index is 0.131. The molecule has 0 spiro atoms. The number of rotatable bonds is 9. The fourth-order valence-corrected chi connectivity index (χ4v) is 1.97. The van der Waals surface area contributed by atoms with Gasteiger partial charge in [0.05, 0.1) is 18.7 Å². The van der Waals surface area contributed by atoms with Crippen molar-refractivity contribution in [2.75, 3.05) is 20.3 Å². The molecule has 2 unspecified atom stereocenters. The Balaban J connectivity index is 2.57. The number of nitrogens with zero attached hydrogens (tertiary/aromatic N) is 4. The highest BCUT2D eigenvalue weighted by Gasteiger charge is 2.18. The molecule has 1 heterocycles. The molecule has 0 fully saturated rings. The maximum atomic E-state index is 5.03. The van der Waals surface area contributed by atoms with Gasteiger partial charge < -0.3 is 10.1 Å². The lowest BCUT2D eigenvalue weighted by Gasteiger charge is -2.18. The molecule has 0 aliphatic carbocycles. The molecule has 2 atom stereocenters. The van der Waals surface area contributed by atoms with Crippen LogP contribution in [0.5, 0.6) is 0 Å². The van der Waals surface area contributed by atoms with Gasteiger partial charge in [0, 0.05) is 13.7 Å². The van der Waals surface area contributed by atoms with Crippen molar-refractivity contribution < 1.29 is 4.74 Å². The van der Waals surface area contributed by atoms with Gasteiger partial charge in [0.15, 0.2) is 5.82 Å². The Morgan fingerprint density at radius 2 is 1.95 bits per heavy atom. The zero-order chi connectivity index (χ0) is 14.3. The van der Waals surface area contributed by atoms with Gasteiger partial charge in [0.25, 0.3) is 0 Å². The third-order valence-electron chi connectivity index (χ3n) is 3.24. The van der Waals surface area contributed by atoms with Gasteiger partial charge in [0.1, 0.15) is 0 Å². The molecule has 0 bridgehead atoms. The Labute approximate surface area is 115 Å². The van der Waals surface area contributed by atoms with Crippen molar-refractivity contribution in [3.8, 4) is 0 Å². The van der Waals surface area contributed by atoms with E-state index in [1.54, 1.807) is 7.11 Å².